The number of hydrogen-bond acceptors (Lipinski definition) is 2. The Balaban J connectivity index is 2.29. The second kappa shape index (κ2) is 2.59. The van der Waals surface area contributed by atoms with Crippen molar-refractivity contribution in [3.05, 3.63) is 0 Å². The number of ketones is 1. The Morgan fingerprint density at radius 3 is 2.27 bits per heavy atom. The van der Waals surface area contributed by atoms with Crippen molar-refractivity contribution in [1.82, 2.24) is 0 Å². The van der Waals surface area contributed by atoms with E-state index in [2.05, 4.69) is 20.8 Å². The Bertz CT molecular complexity index is 167. The SMILES string of the molecule is CC(=O)[C@H]1O[C@@H]1CC(C)(C)C. The quantitative estimate of drug-likeness (QED) is 0.570. The van der Waals surface area contributed by atoms with Crippen LogP contribution >= 0.6 is 0 Å². The lowest BCUT2D eigenvalue weighted by Crippen LogP contribution is -2.13. The molecule has 0 amide bonds. The monoisotopic (exact) mass is 156 g/mol. The summed E-state index contributed by atoms with van der Waals surface area (Å²) in [6.07, 6.45) is 1.10. The summed E-state index contributed by atoms with van der Waals surface area (Å²) in [4.78, 5) is 10.8. The highest BCUT2D eigenvalue weighted by Crippen LogP contribution is 2.34. The lowest BCUT2D eigenvalue weighted by Gasteiger charge is -2.15. The molecule has 0 aliphatic carbocycles. The summed E-state index contributed by atoms with van der Waals surface area (Å²) >= 11 is 0. The van der Waals surface area contributed by atoms with E-state index in [-0.39, 0.29) is 23.4 Å². The summed E-state index contributed by atoms with van der Waals surface area (Å²) in [6, 6.07) is 0. The molecule has 1 aliphatic rings. The van der Waals surface area contributed by atoms with Crippen LogP contribution in [0.5, 0.6) is 0 Å². The van der Waals surface area contributed by atoms with E-state index in [9.17, 15) is 4.79 Å². The summed E-state index contributed by atoms with van der Waals surface area (Å²) < 4.78 is 5.20. The molecule has 0 aromatic heterocycles. The highest BCUT2D eigenvalue weighted by atomic mass is 16.6. The zero-order valence-electron chi connectivity index (χ0n) is 7.68. The van der Waals surface area contributed by atoms with Crippen LogP contribution in [0.3, 0.4) is 0 Å². The van der Waals surface area contributed by atoms with Gasteiger partial charge in [0.1, 0.15) is 6.10 Å². The van der Waals surface area contributed by atoms with Gasteiger partial charge in [-0.25, -0.2) is 0 Å². The molecule has 2 atom stereocenters. The molecule has 2 heteroatoms. The number of carbonyl (C=O) groups excluding carboxylic acids is 1. The predicted molar refractivity (Wildman–Crippen MR) is 43.4 cm³/mol. The molecule has 0 spiro atoms. The summed E-state index contributed by atoms with van der Waals surface area (Å²) in [7, 11) is 0. The molecule has 1 rings (SSSR count). The van der Waals surface area contributed by atoms with E-state index in [0.29, 0.717) is 0 Å². The summed E-state index contributed by atoms with van der Waals surface area (Å²) in [6.45, 7) is 8.07. The first-order valence-corrected chi connectivity index (χ1v) is 4.06. The number of hydrogen-bond donors (Lipinski definition) is 0. The minimum atomic E-state index is -0.0887. The van der Waals surface area contributed by atoms with Gasteiger partial charge in [0.05, 0.1) is 6.10 Å². The van der Waals surface area contributed by atoms with Crippen molar-refractivity contribution < 1.29 is 9.53 Å². The van der Waals surface area contributed by atoms with Crippen LogP contribution in [-0.4, -0.2) is 18.0 Å². The van der Waals surface area contributed by atoms with Crippen LogP contribution in [0.1, 0.15) is 34.1 Å². The van der Waals surface area contributed by atoms with Crippen molar-refractivity contribution in [1.29, 1.82) is 0 Å². The van der Waals surface area contributed by atoms with Crippen LogP contribution in [-0.2, 0) is 9.53 Å². The molecule has 11 heavy (non-hydrogen) atoms. The molecular formula is C9H16O2. The van der Waals surface area contributed by atoms with Gasteiger partial charge in [-0.1, -0.05) is 20.8 Å². The van der Waals surface area contributed by atoms with Crippen LogP contribution in [0.25, 0.3) is 0 Å². The Kier molecular flexibility index (Phi) is 2.06. The molecule has 2 nitrogen and oxygen atoms in total. The maximum atomic E-state index is 10.8. The Morgan fingerprint density at radius 2 is 2.00 bits per heavy atom. The van der Waals surface area contributed by atoms with Crippen LogP contribution in [0.2, 0.25) is 0 Å². The predicted octanol–water partition coefficient (Wildman–Crippen LogP) is 1.78. The molecule has 1 heterocycles. The average Bonchev–Trinajstić information content (AvgIpc) is 2.40. The highest BCUT2D eigenvalue weighted by molar-refractivity contribution is 5.83. The Morgan fingerprint density at radius 1 is 1.45 bits per heavy atom. The topological polar surface area (TPSA) is 29.6 Å². The lowest BCUT2D eigenvalue weighted by molar-refractivity contribution is -0.118. The van der Waals surface area contributed by atoms with Gasteiger partial charge in [0.15, 0.2) is 5.78 Å². The third-order valence-electron chi connectivity index (χ3n) is 1.80. The molecule has 64 valence electrons. The molecule has 0 N–H and O–H groups in total. The third-order valence-corrected chi connectivity index (χ3v) is 1.80. The van der Waals surface area contributed by atoms with E-state index in [1.165, 1.54) is 0 Å². The van der Waals surface area contributed by atoms with Gasteiger partial charge in [0, 0.05) is 0 Å². The van der Waals surface area contributed by atoms with Crippen molar-refractivity contribution >= 4 is 5.78 Å². The van der Waals surface area contributed by atoms with E-state index in [4.69, 9.17) is 4.74 Å². The van der Waals surface area contributed by atoms with E-state index >= 15 is 0 Å². The summed E-state index contributed by atoms with van der Waals surface area (Å²) in [5, 5.41) is 0. The normalized spacial score (nSPS) is 30.2. The fourth-order valence-electron chi connectivity index (χ4n) is 1.26. The second-order valence-corrected chi connectivity index (χ2v) is 4.47. The number of epoxide rings is 1. The molecular weight excluding hydrogens is 140 g/mol. The molecule has 1 saturated heterocycles. The van der Waals surface area contributed by atoms with Crippen molar-refractivity contribution in [2.75, 3.05) is 0 Å². The fraction of sp³-hybridized carbons (Fsp3) is 0.889. The lowest BCUT2D eigenvalue weighted by atomic mass is 9.89. The maximum Gasteiger partial charge on any atom is 0.161 e. The second-order valence-electron chi connectivity index (χ2n) is 4.47. The van der Waals surface area contributed by atoms with Crippen molar-refractivity contribution in [3.8, 4) is 0 Å². The van der Waals surface area contributed by atoms with Gasteiger partial charge in [-0.05, 0) is 18.8 Å². The fourth-order valence-corrected chi connectivity index (χ4v) is 1.26. The van der Waals surface area contributed by atoms with Crippen LogP contribution in [0.15, 0.2) is 0 Å². The highest BCUT2D eigenvalue weighted by Gasteiger charge is 2.44. The van der Waals surface area contributed by atoms with Gasteiger partial charge in [0.2, 0.25) is 0 Å². The van der Waals surface area contributed by atoms with E-state index in [0.717, 1.165) is 6.42 Å². The zero-order valence-corrected chi connectivity index (χ0v) is 7.68. The van der Waals surface area contributed by atoms with Gasteiger partial charge in [0.25, 0.3) is 0 Å². The maximum absolute atomic E-state index is 10.8. The third kappa shape index (κ3) is 2.62. The number of rotatable bonds is 2. The first-order valence-electron chi connectivity index (χ1n) is 4.06. The molecule has 0 aromatic carbocycles. The van der Waals surface area contributed by atoms with Gasteiger partial charge in [-0.3, -0.25) is 4.79 Å². The van der Waals surface area contributed by atoms with Gasteiger partial charge < -0.3 is 4.74 Å². The standard InChI is InChI=1S/C9H16O2/c1-6(10)8-7(11-8)5-9(2,3)4/h7-8H,5H2,1-4H3/t7-,8-/m1/s1. The van der Waals surface area contributed by atoms with E-state index < -0.39 is 0 Å². The van der Waals surface area contributed by atoms with Crippen molar-refractivity contribution in [2.24, 2.45) is 5.41 Å². The van der Waals surface area contributed by atoms with E-state index in [1.54, 1.807) is 6.92 Å². The molecule has 0 aromatic rings. The first kappa shape index (κ1) is 8.72. The van der Waals surface area contributed by atoms with Crippen LogP contribution in [0, 0.1) is 5.41 Å². The minimum Gasteiger partial charge on any atom is -0.361 e. The number of carbonyl (C=O) groups is 1. The molecule has 0 saturated carbocycles. The van der Waals surface area contributed by atoms with Crippen LogP contribution < -0.4 is 0 Å². The van der Waals surface area contributed by atoms with E-state index in [1.807, 2.05) is 0 Å². The zero-order chi connectivity index (χ0) is 8.65. The first-order chi connectivity index (χ1) is 4.90. The number of Topliss-reactive ketones (excluding diaryl/α,β-unsaturated/α-hetero) is 1. The molecule has 1 aliphatic heterocycles. The molecule has 0 radical (unpaired) electrons. The smallest absolute Gasteiger partial charge is 0.161 e. The van der Waals surface area contributed by atoms with Gasteiger partial charge >= 0.3 is 0 Å². The van der Waals surface area contributed by atoms with Crippen molar-refractivity contribution in [3.63, 3.8) is 0 Å². The van der Waals surface area contributed by atoms with Gasteiger partial charge in [-0.15, -0.1) is 0 Å². The summed E-state index contributed by atoms with van der Waals surface area (Å²) in [5.74, 6) is 0.166. The average molecular weight is 156 g/mol. The van der Waals surface area contributed by atoms with Gasteiger partial charge in [-0.2, -0.15) is 0 Å². The minimum absolute atomic E-state index is 0.0887. The van der Waals surface area contributed by atoms with Crippen LogP contribution in [0.4, 0.5) is 0 Å². The summed E-state index contributed by atoms with van der Waals surface area (Å²) in [5.41, 5.74) is 0.273. The molecule has 0 bridgehead atoms. The molecule has 1 fully saturated rings. The Hall–Kier alpha value is -0.370. The number of ether oxygens (including phenoxy) is 1. The largest absolute Gasteiger partial charge is 0.361 e. The van der Waals surface area contributed by atoms with Crippen molar-refractivity contribution in [2.45, 2.75) is 46.3 Å². The Labute approximate surface area is 67.9 Å². The molecule has 0 unspecified atom stereocenters.